The summed E-state index contributed by atoms with van der Waals surface area (Å²) in [7, 11) is 0. The van der Waals surface area contributed by atoms with Gasteiger partial charge in [0.05, 0.1) is 0 Å². The van der Waals surface area contributed by atoms with Gasteiger partial charge in [-0.1, -0.05) is 13.8 Å². The molecule has 3 N–H and O–H groups in total. The molecule has 0 aliphatic carbocycles. The molecule has 10 heavy (non-hydrogen) atoms. The van der Waals surface area contributed by atoms with Gasteiger partial charge in [0.1, 0.15) is 0 Å². The number of nitrogens with one attached hydrogen (secondary N) is 1. The average Bonchev–Trinajstić information content (AvgIpc) is 2.10. The first-order valence-corrected chi connectivity index (χ1v) is 3.60. The van der Waals surface area contributed by atoms with Gasteiger partial charge in [0.15, 0.2) is 5.96 Å². The lowest BCUT2D eigenvalue weighted by Crippen LogP contribution is -2.35. The van der Waals surface area contributed by atoms with Gasteiger partial charge in [-0.25, -0.2) is 0 Å². The monoisotopic (exact) mass is 141 g/mol. The lowest BCUT2D eigenvalue weighted by Gasteiger charge is -2.19. The Bertz CT molecular complexity index is 151. The third-order valence-corrected chi connectivity index (χ3v) is 2.02. The Morgan fingerprint density at radius 2 is 2.20 bits per heavy atom. The molecule has 3 nitrogen and oxygen atoms in total. The number of hydrogen-bond acceptors (Lipinski definition) is 1. The Morgan fingerprint density at radius 3 is 2.40 bits per heavy atom. The Balaban J connectivity index is 2.51. The minimum atomic E-state index is 0.213. The minimum Gasteiger partial charge on any atom is -0.370 e. The van der Waals surface area contributed by atoms with Crippen molar-refractivity contribution in [1.29, 1.82) is 5.41 Å². The molecular weight excluding hydrogens is 126 g/mol. The largest absolute Gasteiger partial charge is 0.370 e. The highest BCUT2D eigenvalue weighted by Crippen LogP contribution is 2.27. The number of likely N-dealkylation sites (tertiary alicyclic amines) is 1. The molecule has 58 valence electrons. The topological polar surface area (TPSA) is 53.1 Å². The van der Waals surface area contributed by atoms with Crippen LogP contribution in [0.25, 0.3) is 0 Å². The summed E-state index contributed by atoms with van der Waals surface area (Å²) in [4.78, 5) is 1.92. The van der Waals surface area contributed by atoms with Crippen molar-refractivity contribution in [3.63, 3.8) is 0 Å². The predicted octanol–water partition coefficient (Wildman–Crippen LogP) is 0.612. The van der Waals surface area contributed by atoms with E-state index >= 15 is 0 Å². The molecule has 1 rings (SSSR count). The van der Waals surface area contributed by atoms with Crippen LogP contribution < -0.4 is 5.73 Å². The summed E-state index contributed by atoms with van der Waals surface area (Å²) in [5, 5.41) is 7.17. The van der Waals surface area contributed by atoms with Crippen LogP contribution in [0.4, 0.5) is 0 Å². The maximum absolute atomic E-state index is 7.17. The first-order chi connectivity index (χ1) is 4.51. The van der Waals surface area contributed by atoms with Crippen molar-refractivity contribution < 1.29 is 0 Å². The molecule has 0 spiro atoms. The van der Waals surface area contributed by atoms with Crippen molar-refractivity contribution in [3.8, 4) is 0 Å². The number of guanidine groups is 1. The van der Waals surface area contributed by atoms with E-state index in [1.807, 2.05) is 4.90 Å². The van der Waals surface area contributed by atoms with Crippen LogP contribution in [-0.4, -0.2) is 23.9 Å². The summed E-state index contributed by atoms with van der Waals surface area (Å²) in [6.07, 6.45) is 1.15. The van der Waals surface area contributed by atoms with E-state index in [1.54, 1.807) is 0 Å². The lowest BCUT2D eigenvalue weighted by atomic mass is 9.93. The van der Waals surface area contributed by atoms with Crippen LogP contribution in [0.3, 0.4) is 0 Å². The van der Waals surface area contributed by atoms with Gasteiger partial charge in [0, 0.05) is 13.1 Å². The third kappa shape index (κ3) is 1.40. The fourth-order valence-corrected chi connectivity index (χ4v) is 1.32. The lowest BCUT2D eigenvalue weighted by molar-refractivity contribution is 0.373. The molecule has 1 saturated heterocycles. The fraction of sp³-hybridized carbons (Fsp3) is 0.857. The highest BCUT2D eigenvalue weighted by atomic mass is 15.2. The zero-order valence-corrected chi connectivity index (χ0v) is 6.65. The van der Waals surface area contributed by atoms with Crippen LogP contribution in [0.2, 0.25) is 0 Å². The molecule has 0 bridgehead atoms. The molecular formula is C7H15N3. The van der Waals surface area contributed by atoms with E-state index in [0.717, 1.165) is 19.5 Å². The number of nitrogens with two attached hydrogens (primary N) is 1. The summed E-state index contributed by atoms with van der Waals surface area (Å²) >= 11 is 0. The highest BCUT2D eigenvalue weighted by molar-refractivity contribution is 5.74. The second-order valence-corrected chi connectivity index (χ2v) is 3.72. The Hall–Kier alpha value is -0.730. The van der Waals surface area contributed by atoms with Gasteiger partial charge in [0.2, 0.25) is 0 Å². The van der Waals surface area contributed by atoms with Gasteiger partial charge in [0.25, 0.3) is 0 Å². The molecule has 0 aromatic carbocycles. The molecule has 0 saturated carbocycles. The number of rotatable bonds is 0. The van der Waals surface area contributed by atoms with Crippen LogP contribution in [0.5, 0.6) is 0 Å². The maximum Gasteiger partial charge on any atom is 0.188 e. The quantitative estimate of drug-likeness (QED) is 0.383. The molecule has 0 aromatic rings. The van der Waals surface area contributed by atoms with Crippen LogP contribution in [0.1, 0.15) is 20.3 Å². The Morgan fingerprint density at radius 1 is 1.60 bits per heavy atom. The summed E-state index contributed by atoms with van der Waals surface area (Å²) in [6.45, 7) is 6.29. The molecule has 1 heterocycles. The zero-order chi connectivity index (χ0) is 7.78. The highest BCUT2D eigenvalue weighted by Gasteiger charge is 2.29. The number of hydrogen-bond donors (Lipinski definition) is 2. The molecule has 0 unspecified atom stereocenters. The Kier molecular flexibility index (Phi) is 1.58. The zero-order valence-electron chi connectivity index (χ0n) is 6.65. The summed E-state index contributed by atoms with van der Waals surface area (Å²) < 4.78 is 0. The van der Waals surface area contributed by atoms with Crippen molar-refractivity contribution in [2.75, 3.05) is 13.1 Å². The van der Waals surface area contributed by atoms with E-state index in [1.165, 1.54) is 0 Å². The molecule has 0 amide bonds. The number of nitrogens with zero attached hydrogens (tertiary/aromatic N) is 1. The van der Waals surface area contributed by atoms with Crippen LogP contribution in [0, 0.1) is 10.8 Å². The third-order valence-electron chi connectivity index (χ3n) is 2.02. The van der Waals surface area contributed by atoms with Crippen LogP contribution in [-0.2, 0) is 0 Å². The van der Waals surface area contributed by atoms with Gasteiger partial charge in [-0.3, -0.25) is 5.41 Å². The molecule has 0 atom stereocenters. The van der Waals surface area contributed by atoms with Gasteiger partial charge in [-0.2, -0.15) is 0 Å². The van der Waals surface area contributed by atoms with E-state index in [4.69, 9.17) is 11.1 Å². The smallest absolute Gasteiger partial charge is 0.188 e. The van der Waals surface area contributed by atoms with Crippen molar-refractivity contribution in [2.45, 2.75) is 20.3 Å². The van der Waals surface area contributed by atoms with Crippen molar-refractivity contribution in [2.24, 2.45) is 11.1 Å². The Labute approximate surface area is 61.7 Å². The summed E-state index contributed by atoms with van der Waals surface area (Å²) in [5.74, 6) is 0.213. The van der Waals surface area contributed by atoms with Gasteiger partial charge < -0.3 is 10.6 Å². The SMILES string of the molecule is CC1(C)CCN(C(=N)N)C1. The van der Waals surface area contributed by atoms with Gasteiger partial charge in [-0.15, -0.1) is 0 Å². The first-order valence-electron chi connectivity index (χ1n) is 3.60. The summed E-state index contributed by atoms with van der Waals surface area (Å²) in [6, 6.07) is 0. The standard InChI is InChI=1S/C7H15N3/c1-7(2)3-4-10(5-7)6(8)9/h3-5H2,1-2H3,(H3,8,9). The van der Waals surface area contributed by atoms with E-state index in [2.05, 4.69) is 13.8 Å². The molecule has 0 radical (unpaired) electrons. The van der Waals surface area contributed by atoms with E-state index in [0.29, 0.717) is 5.41 Å². The van der Waals surface area contributed by atoms with Crippen LogP contribution >= 0.6 is 0 Å². The molecule has 1 aliphatic rings. The van der Waals surface area contributed by atoms with E-state index < -0.39 is 0 Å². The molecule has 1 fully saturated rings. The molecule has 1 aliphatic heterocycles. The first kappa shape index (κ1) is 7.38. The van der Waals surface area contributed by atoms with Crippen molar-refractivity contribution >= 4 is 5.96 Å². The van der Waals surface area contributed by atoms with Gasteiger partial charge in [-0.05, 0) is 11.8 Å². The normalized spacial score (nSPS) is 23.2. The van der Waals surface area contributed by atoms with Gasteiger partial charge >= 0.3 is 0 Å². The maximum atomic E-state index is 7.17. The molecule has 0 aromatic heterocycles. The van der Waals surface area contributed by atoms with Crippen LogP contribution in [0.15, 0.2) is 0 Å². The summed E-state index contributed by atoms with van der Waals surface area (Å²) in [5.41, 5.74) is 5.68. The van der Waals surface area contributed by atoms with Crippen molar-refractivity contribution in [3.05, 3.63) is 0 Å². The van der Waals surface area contributed by atoms with E-state index in [-0.39, 0.29) is 5.96 Å². The van der Waals surface area contributed by atoms with Crippen molar-refractivity contribution in [1.82, 2.24) is 4.90 Å². The van der Waals surface area contributed by atoms with E-state index in [9.17, 15) is 0 Å². The fourth-order valence-electron chi connectivity index (χ4n) is 1.32. The second-order valence-electron chi connectivity index (χ2n) is 3.72. The minimum absolute atomic E-state index is 0.213. The second kappa shape index (κ2) is 2.15. The molecule has 3 heteroatoms. The average molecular weight is 141 g/mol. The predicted molar refractivity (Wildman–Crippen MR) is 41.9 cm³/mol.